The molecular formula is C11H14N2O. The Morgan fingerprint density at radius 1 is 1.57 bits per heavy atom. The first-order chi connectivity index (χ1) is 6.81. The Morgan fingerprint density at radius 3 is 3.14 bits per heavy atom. The largest absolute Gasteiger partial charge is 0.332 e. The first-order valence-electron chi connectivity index (χ1n) is 5.02. The molecule has 0 N–H and O–H groups in total. The zero-order valence-corrected chi connectivity index (χ0v) is 8.36. The summed E-state index contributed by atoms with van der Waals surface area (Å²) in [5, 5.41) is 0. The van der Waals surface area contributed by atoms with Gasteiger partial charge >= 0.3 is 0 Å². The molecule has 14 heavy (non-hydrogen) atoms. The fourth-order valence-corrected chi connectivity index (χ4v) is 1.75. The van der Waals surface area contributed by atoms with Crippen molar-refractivity contribution in [3.05, 3.63) is 29.6 Å². The molecular weight excluding hydrogens is 176 g/mol. The van der Waals surface area contributed by atoms with Gasteiger partial charge in [0.05, 0.1) is 12.2 Å². The van der Waals surface area contributed by atoms with E-state index in [-0.39, 0.29) is 5.91 Å². The van der Waals surface area contributed by atoms with Crippen molar-refractivity contribution in [1.29, 1.82) is 0 Å². The number of carbonyl (C=O) groups excluding carboxylic acids is 1. The van der Waals surface area contributed by atoms with Gasteiger partial charge in [-0.3, -0.25) is 9.78 Å². The van der Waals surface area contributed by atoms with Gasteiger partial charge < -0.3 is 4.90 Å². The van der Waals surface area contributed by atoms with Gasteiger partial charge in [-0.15, -0.1) is 0 Å². The molecule has 0 saturated carbocycles. The van der Waals surface area contributed by atoms with Crippen LogP contribution < -0.4 is 0 Å². The average molecular weight is 190 g/mol. The summed E-state index contributed by atoms with van der Waals surface area (Å²) >= 11 is 0. The molecule has 0 atom stereocenters. The van der Waals surface area contributed by atoms with Crippen molar-refractivity contribution >= 4 is 5.91 Å². The Bertz CT molecular complexity index is 324. The Kier molecular flexibility index (Phi) is 2.48. The lowest BCUT2D eigenvalue weighted by Gasteiger charge is -2.13. The highest BCUT2D eigenvalue weighted by Crippen LogP contribution is 2.20. The Balaban J connectivity index is 2.08. The Hall–Kier alpha value is -1.38. The Morgan fingerprint density at radius 2 is 2.43 bits per heavy atom. The van der Waals surface area contributed by atoms with Crippen LogP contribution in [-0.2, 0) is 17.9 Å². The van der Waals surface area contributed by atoms with E-state index >= 15 is 0 Å². The molecule has 2 rings (SSSR count). The third-order valence-electron chi connectivity index (χ3n) is 2.50. The van der Waals surface area contributed by atoms with E-state index < -0.39 is 0 Å². The summed E-state index contributed by atoms with van der Waals surface area (Å²) in [6.07, 6.45) is 3.35. The molecule has 1 aliphatic heterocycles. The third kappa shape index (κ3) is 1.62. The van der Waals surface area contributed by atoms with Crippen molar-refractivity contribution < 1.29 is 4.79 Å². The lowest BCUT2D eigenvalue weighted by molar-refractivity contribution is -0.131. The number of hydrogen-bond donors (Lipinski definition) is 0. The van der Waals surface area contributed by atoms with E-state index in [1.54, 1.807) is 6.20 Å². The molecule has 3 nitrogen and oxygen atoms in total. The predicted octanol–water partition coefficient (Wildman–Crippen LogP) is 1.72. The van der Waals surface area contributed by atoms with Gasteiger partial charge in [0.25, 0.3) is 0 Å². The van der Waals surface area contributed by atoms with Crippen LogP contribution in [0.15, 0.2) is 18.3 Å². The van der Waals surface area contributed by atoms with Crippen LogP contribution in [0.1, 0.15) is 31.0 Å². The molecule has 0 aromatic carbocycles. The summed E-state index contributed by atoms with van der Waals surface area (Å²) in [5.41, 5.74) is 2.24. The van der Waals surface area contributed by atoms with E-state index in [9.17, 15) is 4.79 Å². The van der Waals surface area contributed by atoms with Crippen molar-refractivity contribution in [2.75, 3.05) is 0 Å². The molecule has 0 radical (unpaired) electrons. The fraction of sp³-hybridized carbons (Fsp3) is 0.455. The number of carbonyl (C=O) groups is 1. The number of rotatable bonds is 2. The van der Waals surface area contributed by atoms with Crippen molar-refractivity contribution in [2.45, 2.75) is 32.9 Å². The molecule has 0 fully saturated rings. The van der Waals surface area contributed by atoms with Gasteiger partial charge in [-0.1, -0.05) is 13.0 Å². The molecule has 1 aromatic heterocycles. The second kappa shape index (κ2) is 3.78. The van der Waals surface area contributed by atoms with Crippen LogP contribution in [0.2, 0.25) is 0 Å². The van der Waals surface area contributed by atoms with Crippen LogP contribution in [0.3, 0.4) is 0 Å². The van der Waals surface area contributed by atoms with E-state index in [2.05, 4.69) is 4.98 Å². The first-order valence-corrected chi connectivity index (χ1v) is 5.02. The molecule has 0 saturated heterocycles. The molecule has 0 aliphatic carbocycles. The van der Waals surface area contributed by atoms with Crippen LogP contribution in [0.4, 0.5) is 0 Å². The van der Waals surface area contributed by atoms with E-state index in [4.69, 9.17) is 0 Å². The van der Waals surface area contributed by atoms with Gasteiger partial charge in [0, 0.05) is 19.2 Å². The normalized spacial score (nSPS) is 14.2. The minimum atomic E-state index is 0.241. The zero-order valence-electron chi connectivity index (χ0n) is 8.36. The van der Waals surface area contributed by atoms with Crippen molar-refractivity contribution in [2.24, 2.45) is 0 Å². The summed E-state index contributed by atoms with van der Waals surface area (Å²) < 4.78 is 0. The van der Waals surface area contributed by atoms with Gasteiger partial charge in [-0.2, -0.15) is 0 Å². The van der Waals surface area contributed by atoms with Gasteiger partial charge in [-0.05, 0) is 18.1 Å². The molecule has 0 spiro atoms. The third-order valence-corrected chi connectivity index (χ3v) is 2.50. The minimum Gasteiger partial charge on any atom is -0.332 e. The summed E-state index contributed by atoms with van der Waals surface area (Å²) in [7, 11) is 0. The van der Waals surface area contributed by atoms with Crippen LogP contribution in [-0.4, -0.2) is 15.8 Å². The maximum absolute atomic E-state index is 11.6. The SMILES string of the molecule is CCCC(=O)N1Cc2cccnc2C1. The maximum Gasteiger partial charge on any atom is 0.223 e. The van der Waals surface area contributed by atoms with Crippen LogP contribution >= 0.6 is 0 Å². The molecule has 0 unspecified atom stereocenters. The number of amides is 1. The smallest absolute Gasteiger partial charge is 0.223 e. The quantitative estimate of drug-likeness (QED) is 0.711. The minimum absolute atomic E-state index is 0.241. The summed E-state index contributed by atoms with van der Waals surface area (Å²) in [6.45, 7) is 3.45. The lowest BCUT2D eigenvalue weighted by Crippen LogP contribution is -2.24. The van der Waals surface area contributed by atoms with Crippen LogP contribution in [0, 0.1) is 0 Å². The topological polar surface area (TPSA) is 33.2 Å². The highest BCUT2D eigenvalue weighted by Gasteiger charge is 2.22. The highest BCUT2D eigenvalue weighted by molar-refractivity contribution is 5.76. The number of pyridine rings is 1. The average Bonchev–Trinajstić information content (AvgIpc) is 2.61. The number of aromatic nitrogens is 1. The number of hydrogen-bond acceptors (Lipinski definition) is 2. The molecule has 74 valence electrons. The molecule has 3 heteroatoms. The van der Waals surface area contributed by atoms with Crippen molar-refractivity contribution in [3.8, 4) is 0 Å². The van der Waals surface area contributed by atoms with E-state index in [1.807, 2.05) is 24.0 Å². The molecule has 1 aromatic rings. The molecule has 1 amide bonds. The molecule has 1 aliphatic rings. The monoisotopic (exact) mass is 190 g/mol. The second-order valence-corrected chi connectivity index (χ2v) is 3.61. The van der Waals surface area contributed by atoms with E-state index in [0.717, 1.165) is 18.7 Å². The van der Waals surface area contributed by atoms with Crippen LogP contribution in [0.5, 0.6) is 0 Å². The van der Waals surface area contributed by atoms with Crippen LogP contribution in [0.25, 0.3) is 0 Å². The number of nitrogens with zero attached hydrogens (tertiary/aromatic N) is 2. The second-order valence-electron chi connectivity index (χ2n) is 3.61. The Labute approximate surface area is 83.8 Å². The maximum atomic E-state index is 11.6. The molecule has 2 heterocycles. The predicted molar refractivity (Wildman–Crippen MR) is 53.4 cm³/mol. The fourth-order valence-electron chi connectivity index (χ4n) is 1.75. The summed E-state index contributed by atoms with van der Waals surface area (Å²) in [5.74, 6) is 0.241. The van der Waals surface area contributed by atoms with Crippen molar-refractivity contribution in [1.82, 2.24) is 9.88 Å². The van der Waals surface area contributed by atoms with Gasteiger partial charge in [-0.25, -0.2) is 0 Å². The summed E-state index contributed by atoms with van der Waals surface area (Å²) in [6, 6.07) is 3.97. The van der Waals surface area contributed by atoms with Crippen molar-refractivity contribution in [3.63, 3.8) is 0 Å². The first kappa shape index (κ1) is 9.19. The van der Waals surface area contributed by atoms with Gasteiger partial charge in [0.2, 0.25) is 5.91 Å². The lowest BCUT2D eigenvalue weighted by atomic mass is 10.2. The summed E-state index contributed by atoms with van der Waals surface area (Å²) in [4.78, 5) is 17.7. The highest BCUT2D eigenvalue weighted by atomic mass is 16.2. The van der Waals surface area contributed by atoms with Gasteiger partial charge in [0.1, 0.15) is 0 Å². The van der Waals surface area contributed by atoms with E-state index in [0.29, 0.717) is 13.0 Å². The van der Waals surface area contributed by atoms with Gasteiger partial charge in [0.15, 0.2) is 0 Å². The zero-order chi connectivity index (χ0) is 9.97. The standard InChI is InChI=1S/C11H14N2O/c1-2-4-11(14)13-7-9-5-3-6-12-10(9)8-13/h3,5-6H,2,4,7-8H2,1H3. The molecule has 0 bridgehead atoms. The van der Waals surface area contributed by atoms with E-state index in [1.165, 1.54) is 5.56 Å². The number of fused-ring (bicyclic) bond motifs is 1.